The van der Waals surface area contributed by atoms with E-state index in [2.05, 4.69) is 43.6 Å². The molecule has 0 radical (unpaired) electrons. The van der Waals surface area contributed by atoms with Crippen LogP contribution in [0.4, 0.5) is 11.5 Å². The monoisotopic (exact) mass is 396 g/mol. The van der Waals surface area contributed by atoms with Gasteiger partial charge in [-0.3, -0.25) is 4.68 Å². The number of aryl methyl sites for hydroxylation is 1. The van der Waals surface area contributed by atoms with Gasteiger partial charge >= 0.3 is 0 Å². The number of hydrogen-bond acceptors (Lipinski definition) is 5. The first kappa shape index (κ1) is 17.9. The molecule has 0 aliphatic heterocycles. The molecule has 30 heavy (non-hydrogen) atoms. The standard InChI is InChI=1S/C23H20N6O/c1-29-11-10-18(28-29)17-13-24-22-21(17)23(26-14-25-22)27-19-12-16(8-9-20(19)30-2)15-6-4-3-5-7-15/h3-14H,1-2H3,(H2,24,25,26,27). The van der Waals surface area contributed by atoms with Crippen LogP contribution in [0.25, 0.3) is 33.4 Å². The Balaban J connectivity index is 1.61. The van der Waals surface area contributed by atoms with Crippen molar-refractivity contribution in [2.75, 3.05) is 12.4 Å². The molecular formula is C23H20N6O. The lowest BCUT2D eigenvalue weighted by molar-refractivity contribution is 0.417. The first-order valence-electron chi connectivity index (χ1n) is 9.55. The van der Waals surface area contributed by atoms with Gasteiger partial charge in [-0.05, 0) is 29.3 Å². The minimum absolute atomic E-state index is 0.686. The van der Waals surface area contributed by atoms with E-state index in [0.717, 1.165) is 44.9 Å². The predicted octanol–water partition coefficient (Wildman–Crippen LogP) is 4.78. The SMILES string of the molecule is COc1ccc(-c2ccccc2)cc1Nc1ncnc2[nH]cc(-c3ccn(C)n3)c12. The fourth-order valence-electron chi connectivity index (χ4n) is 3.56. The van der Waals surface area contributed by atoms with E-state index >= 15 is 0 Å². The number of benzene rings is 2. The molecule has 7 heteroatoms. The van der Waals surface area contributed by atoms with Gasteiger partial charge in [-0.1, -0.05) is 36.4 Å². The van der Waals surface area contributed by atoms with E-state index in [1.54, 1.807) is 11.8 Å². The molecule has 5 rings (SSSR count). The Kier molecular flexibility index (Phi) is 4.40. The van der Waals surface area contributed by atoms with E-state index in [0.29, 0.717) is 5.82 Å². The maximum absolute atomic E-state index is 5.59. The highest BCUT2D eigenvalue weighted by Crippen LogP contribution is 2.36. The molecule has 0 saturated carbocycles. The third kappa shape index (κ3) is 3.16. The van der Waals surface area contributed by atoms with Crippen LogP contribution < -0.4 is 10.1 Å². The number of hydrogen-bond donors (Lipinski definition) is 2. The van der Waals surface area contributed by atoms with Crippen LogP contribution in [0.5, 0.6) is 5.75 Å². The summed E-state index contributed by atoms with van der Waals surface area (Å²) in [5.41, 5.74) is 5.58. The second-order valence-electron chi connectivity index (χ2n) is 6.93. The molecule has 5 aromatic rings. The van der Waals surface area contributed by atoms with Crippen molar-refractivity contribution in [3.05, 3.63) is 73.3 Å². The van der Waals surface area contributed by atoms with E-state index in [1.807, 2.05) is 55.8 Å². The van der Waals surface area contributed by atoms with Gasteiger partial charge in [0, 0.05) is 25.0 Å². The largest absolute Gasteiger partial charge is 0.495 e. The number of aromatic amines is 1. The number of aromatic nitrogens is 5. The smallest absolute Gasteiger partial charge is 0.144 e. The van der Waals surface area contributed by atoms with Gasteiger partial charge in [0.05, 0.1) is 23.9 Å². The number of methoxy groups -OCH3 is 1. The zero-order valence-corrected chi connectivity index (χ0v) is 16.6. The van der Waals surface area contributed by atoms with Crippen molar-refractivity contribution in [3.8, 4) is 28.1 Å². The molecule has 0 saturated heterocycles. The van der Waals surface area contributed by atoms with Gasteiger partial charge in [0.15, 0.2) is 0 Å². The second-order valence-corrected chi connectivity index (χ2v) is 6.93. The zero-order chi connectivity index (χ0) is 20.5. The molecule has 0 amide bonds. The summed E-state index contributed by atoms with van der Waals surface area (Å²) in [6, 6.07) is 18.3. The number of H-pyrrole nitrogens is 1. The third-order valence-electron chi connectivity index (χ3n) is 5.02. The fourth-order valence-corrected chi connectivity index (χ4v) is 3.56. The Bertz CT molecular complexity index is 1320. The normalized spacial score (nSPS) is 11.0. The van der Waals surface area contributed by atoms with E-state index in [1.165, 1.54) is 6.33 Å². The van der Waals surface area contributed by atoms with Crippen LogP contribution in [0.3, 0.4) is 0 Å². The highest BCUT2D eigenvalue weighted by molar-refractivity contribution is 6.01. The molecule has 2 aromatic carbocycles. The van der Waals surface area contributed by atoms with Gasteiger partial charge < -0.3 is 15.0 Å². The van der Waals surface area contributed by atoms with Gasteiger partial charge in [0.25, 0.3) is 0 Å². The summed E-state index contributed by atoms with van der Waals surface area (Å²) in [7, 11) is 3.56. The maximum Gasteiger partial charge on any atom is 0.144 e. The van der Waals surface area contributed by atoms with Gasteiger partial charge in [-0.2, -0.15) is 5.10 Å². The lowest BCUT2D eigenvalue weighted by atomic mass is 10.0. The van der Waals surface area contributed by atoms with E-state index in [4.69, 9.17) is 4.74 Å². The van der Waals surface area contributed by atoms with Crippen molar-refractivity contribution < 1.29 is 4.74 Å². The first-order valence-corrected chi connectivity index (χ1v) is 9.55. The number of ether oxygens (including phenoxy) is 1. The molecule has 0 spiro atoms. The van der Waals surface area contributed by atoms with E-state index in [9.17, 15) is 0 Å². The van der Waals surface area contributed by atoms with Crippen LogP contribution in [0.15, 0.2) is 73.3 Å². The molecule has 148 valence electrons. The van der Waals surface area contributed by atoms with E-state index in [-0.39, 0.29) is 0 Å². The lowest BCUT2D eigenvalue weighted by Crippen LogP contribution is -1.99. The van der Waals surface area contributed by atoms with Crippen molar-refractivity contribution in [1.29, 1.82) is 0 Å². The van der Waals surface area contributed by atoms with Crippen LogP contribution in [0.1, 0.15) is 0 Å². The topological polar surface area (TPSA) is 80.6 Å². The van der Waals surface area contributed by atoms with Gasteiger partial charge in [0.2, 0.25) is 0 Å². The molecule has 2 N–H and O–H groups in total. The quantitative estimate of drug-likeness (QED) is 0.447. The Morgan fingerprint density at radius 1 is 1.00 bits per heavy atom. The Hall–Kier alpha value is -4.13. The van der Waals surface area contributed by atoms with Crippen LogP contribution >= 0.6 is 0 Å². The fraction of sp³-hybridized carbons (Fsp3) is 0.0870. The Labute approximate surface area is 173 Å². The number of nitrogens with one attached hydrogen (secondary N) is 2. The van der Waals surface area contributed by atoms with Crippen LogP contribution in [-0.4, -0.2) is 31.8 Å². The van der Waals surface area contributed by atoms with Crippen LogP contribution in [-0.2, 0) is 7.05 Å². The molecule has 3 aromatic heterocycles. The molecule has 0 unspecified atom stereocenters. The van der Waals surface area contributed by atoms with Crippen LogP contribution in [0.2, 0.25) is 0 Å². The molecule has 0 aliphatic rings. The van der Waals surface area contributed by atoms with Crippen molar-refractivity contribution in [2.24, 2.45) is 7.05 Å². The summed E-state index contributed by atoms with van der Waals surface area (Å²) >= 11 is 0. The second kappa shape index (κ2) is 7.36. The van der Waals surface area contributed by atoms with Crippen molar-refractivity contribution >= 4 is 22.5 Å². The van der Waals surface area contributed by atoms with Gasteiger partial charge in [0.1, 0.15) is 23.5 Å². The summed E-state index contributed by atoms with van der Waals surface area (Å²) in [5, 5.41) is 8.85. The van der Waals surface area contributed by atoms with Crippen molar-refractivity contribution in [2.45, 2.75) is 0 Å². The Morgan fingerprint density at radius 3 is 2.63 bits per heavy atom. The number of rotatable bonds is 5. The minimum Gasteiger partial charge on any atom is -0.495 e. The Morgan fingerprint density at radius 2 is 1.87 bits per heavy atom. The number of anilines is 2. The summed E-state index contributed by atoms with van der Waals surface area (Å²) < 4.78 is 7.37. The molecule has 3 heterocycles. The van der Waals surface area contributed by atoms with E-state index < -0.39 is 0 Å². The maximum atomic E-state index is 5.59. The molecule has 0 bridgehead atoms. The van der Waals surface area contributed by atoms with Gasteiger partial charge in [-0.15, -0.1) is 0 Å². The van der Waals surface area contributed by atoms with Gasteiger partial charge in [-0.25, -0.2) is 9.97 Å². The third-order valence-corrected chi connectivity index (χ3v) is 5.02. The molecular weight excluding hydrogens is 376 g/mol. The number of fused-ring (bicyclic) bond motifs is 1. The summed E-state index contributed by atoms with van der Waals surface area (Å²) in [4.78, 5) is 12.1. The van der Waals surface area contributed by atoms with Crippen molar-refractivity contribution in [3.63, 3.8) is 0 Å². The average molecular weight is 396 g/mol. The molecule has 0 fully saturated rings. The molecule has 0 aliphatic carbocycles. The number of nitrogens with zero attached hydrogens (tertiary/aromatic N) is 4. The highest BCUT2D eigenvalue weighted by Gasteiger charge is 2.16. The lowest BCUT2D eigenvalue weighted by Gasteiger charge is -2.13. The predicted molar refractivity (Wildman–Crippen MR) is 118 cm³/mol. The van der Waals surface area contributed by atoms with Crippen molar-refractivity contribution in [1.82, 2.24) is 24.7 Å². The van der Waals surface area contributed by atoms with Crippen LogP contribution in [0, 0.1) is 0 Å². The average Bonchev–Trinajstić information content (AvgIpc) is 3.41. The summed E-state index contributed by atoms with van der Waals surface area (Å²) in [5.74, 6) is 1.42. The first-order chi connectivity index (χ1) is 14.7. The minimum atomic E-state index is 0.686. The highest BCUT2D eigenvalue weighted by atomic mass is 16.5. The summed E-state index contributed by atoms with van der Waals surface area (Å²) in [6.07, 6.45) is 5.36. The summed E-state index contributed by atoms with van der Waals surface area (Å²) in [6.45, 7) is 0. The molecule has 0 atom stereocenters. The zero-order valence-electron chi connectivity index (χ0n) is 16.6. The molecule has 7 nitrogen and oxygen atoms in total.